The van der Waals surface area contributed by atoms with E-state index in [1.54, 1.807) is 0 Å². The van der Waals surface area contributed by atoms with E-state index in [9.17, 15) is 5.26 Å². The lowest BCUT2D eigenvalue weighted by Gasteiger charge is -2.12. The van der Waals surface area contributed by atoms with Gasteiger partial charge in [-0.15, -0.1) is 0 Å². The molecule has 2 heterocycles. The first-order valence-electron chi connectivity index (χ1n) is 13.4. The van der Waals surface area contributed by atoms with Crippen LogP contribution in [0.25, 0.3) is 66.1 Å². The van der Waals surface area contributed by atoms with Gasteiger partial charge in [0.05, 0.1) is 33.7 Å². The van der Waals surface area contributed by atoms with E-state index in [4.69, 9.17) is 0 Å². The summed E-state index contributed by atoms with van der Waals surface area (Å²) < 4.78 is 4.59. The van der Waals surface area contributed by atoms with Crippen molar-refractivity contribution in [2.75, 3.05) is 0 Å². The highest BCUT2D eigenvalue weighted by Crippen LogP contribution is 2.35. The van der Waals surface area contributed by atoms with Crippen molar-refractivity contribution in [3.05, 3.63) is 145 Å². The monoisotopic (exact) mass is 509 g/mol. The third-order valence-electron chi connectivity index (χ3n) is 7.92. The minimum absolute atomic E-state index is 0.640. The number of hydrogen-bond acceptors (Lipinski definition) is 1. The van der Waals surface area contributed by atoms with Gasteiger partial charge in [-0.2, -0.15) is 5.26 Å². The normalized spacial score (nSPS) is 11.5. The largest absolute Gasteiger partial charge is 0.309 e. The van der Waals surface area contributed by atoms with Crippen LogP contribution in [0.2, 0.25) is 0 Å². The SMILES string of the molecule is N#Cc1cc(-c2ccc(-n3c4ccccc4c4ccccc43)cc2)cc(-n2c3ccccc3c3ccccc32)c1. The van der Waals surface area contributed by atoms with Crippen LogP contribution in [0, 0.1) is 11.3 Å². The van der Waals surface area contributed by atoms with Gasteiger partial charge < -0.3 is 9.13 Å². The Kier molecular flexibility index (Phi) is 4.89. The van der Waals surface area contributed by atoms with Crippen LogP contribution in [0.4, 0.5) is 0 Å². The van der Waals surface area contributed by atoms with Crippen LogP contribution < -0.4 is 0 Å². The number of nitriles is 1. The zero-order chi connectivity index (χ0) is 26.6. The molecule has 6 aromatic carbocycles. The average molecular weight is 510 g/mol. The Balaban J connectivity index is 1.29. The summed E-state index contributed by atoms with van der Waals surface area (Å²) in [5.74, 6) is 0. The van der Waals surface area contributed by atoms with Gasteiger partial charge in [0.1, 0.15) is 0 Å². The maximum atomic E-state index is 9.97. The van der Waals surface area contributed by atoms with Gasteiger partial charge in [-0.3, -0.25) is 0 Å². The van der Waals surface area contributed by atoms with Crippen LogP contribution in [0.15, 0.2) is 140 Å². The second kappa shape index (κ2) is 8.73. The highest BCUT2D eigenvalue weighted by molar-refractivity contribution is 6.10. The van der Waals surface area contributed by atoms with E-state index in [2.05, 4.69) is 143 Å². The summed E-state index contributed by atoms with van der Waals surface area (Å²) in [7, 11) is 0. The number of hydrogen-bond donors (Lipinski definition) is 0. The fraction of sp³-hybridized carbons (Fsp3) is 0. The molecule has 0 atom stereocenters. The quantitative estimate of drug-likeness (QED) is 0.233. The van der Waals surface area contributed by atoms with Gasteiger partial charge in [0, 0.05) is 32.9 Å². The molecule has 3 nitrogen and oxygen atoms in total. The highest BCUT2D eigenvalue weighted by atomic mass is 15.0. The smallest absolute Gasteiger partial charge is 0.0992 e. The summed E-state index contributed by atoms with van der Waals surface area (Å²) in [6.07, 6.45) is 0. The Labute approximate surface area is 231 Å². The molecule has 0 spiro atoms. The van der Waals surface area contributed by atoms with Crippen molar-refractivity contribution in [2.45, 2.75) is 0 Å². The molecule has 0 saturated carbocycles. The second-order valence-corrected chi connectivity index (χ2v) is 10.2. The number of rotatable bonds is 3. The first kappa shape index (κ1) is 22.4. The molecular formula is C37H23N3. The Morgan fingerprint density at radius 1 is 0.400 bits per heavy atom. The molecule has 0 amide bonds. The molecule has 0 aliphatic rings. The zero-order valence-corrected chi connectivity index (χ0v) is 21.6. The zero-order valence-electron chi connectivity index (χ0n) is 21.6. The molecule has 0 fully saturated rings. The number of para-hydroxylation sites is 4. The van der Waals surface area contributed by atoms with E-state index in [1.165, 1.54) is 32.6 Å². The van der Waals surface area contributed by atoms with Crippen LogP contribution in [-0.2, 0) is 0 Å². The fourth-order valence-electron chi connectivity index (χ4n) is 6.18. The Morgan fingerprint density at radius 2 is 0.825 bits per heavy atom. The first-order chi connectivity index (χ1) is 19.8. The molecule has 8 aromatic rings. The van der Waals surface area contributed by atoms with Crippen molar-refractivity contribution in [2.24, 2.45) is 0 Å². The molecular weight excluding hydrogens is 486 g/mol. The van der Waals surface area contributed by atoms with Crippen molar-refractivity contribution in [3.63, 3.8) is 0 Å². The molecule has 0 bridgehead atoms. The molecule has 0 saturated heterocycles. The summed E-state index contributed by atoms with van der Waals surface area (Å²) in [6, 6.07) is 51.2. The van der Waals surface area contributed by atoms with E-state index >= 15 is 0 Å². The molecule has 2 aromatic heterocycles. The summed E-state index contributed by atoms with van der Waals surface area (Å²) >= 11 is 0. The first-order valence-corrected chi connectivity index (χ1v) is 13.4. The molecule has 3 heteroatoms. The second-order valence-electron chi connectivity index (χ2n) is 10.2. The standard InChI is InChI=1S/C37H23N3/c38-24-25-21-27(23-29(22-25)40-36-15-7-3-11-32(36)33-12-4-8-16-37(33)40)26-17-19-28(20-18-26)39-34-13-5-1-9-30(34)31-10-2-6-14-35(31)39/h1-23H. The Bertz CT molecular complexity index is 2170. The van der Waals surface area contributed by atoms with Crippen molar-refractivity contribution in [3.8, 4) is 28.6 Å². The van der Waals surface area contributed by atoms with E-state index in [0.29, 0.717) is 5.56 Å². The lowest BCUT2D eigenvalue weighted by atomic mass is 10.0. The van der Waals surface area contributed by atoms with Crippen molar-refractivity contribution in [1.29, 1.82) is 5.26 Å². The highest BCUT2D eigenvalue weighted by Gasteiger charge is 2.14. The summed E-state index contributed by atoms with van der Waals surface area (Å²) in [5.41, 5.74) is 9.47. The predicted octanol–water partition coefficient (Wildman–Crippen LogP) is 9.42. The average Bonchev–Trinajstić information content (AvgIpc) is 3.54. The molecule has 0 aliphatic carbocycles. The molecule has 186 valence electrons. The Morgan fingerprint density at radius 3 is 1.27 bits per heavy atom. The minimum Gasteiger partial charge on any atom is -0.309 e. The summed E-state index contributed by atoms with van der Waals surface area (Å²) in [6.45, 7) is 0. The van der Waals surface area contributed by atoms with Gasteiger partial charge >= 0.3 is 0 Å². The molecule has 8 rings (SSSR count). The predicted molar refractivity (Wildman–Crippen MR) is 165 cm³/mol. The van der Waals surface area contributed by atoms with Crippen LogP contribution in [-0.4, -0.2) is 9.13 Å². The van der Waals surface area contributed by atoms with Gasteiger partial charge in [-0.05, 0) is 65.7 Å². The maximum Gasteiger partial charge on any atom is 0.0992 e. The van der Waals surface area contributed by atoms with Gasteiger partial charge in [0.25, 0.3) is 0 Å². The van der Waals surface area contributed by atoms with Crippen LogP contribution in [0.3, 0.4) is 0 Å². The van der Waals surface area contributed by atoms with E-state index < -0.39 is 0 Å². The van der Waals surface area contributed by atoms with E-state index in [1.807, 2.05) is 12.1 Å². The van der Waals surface area contributed by atoms with Crippen molar-refractivity contribution >= 4 is 43.6 Å². The number of benzene rings is 6. The summed E-state index contributed by atoms with van der Waals surface area (Å²) in [5, 5.41) is 14.9. The van der Waals surface area contributed by atoms with E-state index in [0.717, 1.165) is 33.5 Å². The van der Waals surface area contributed by atoms with Crippen LogP contribution >= 0.6 is 0 Å². The fourth-order valence-corrected chi connectivity index (χ4v) is 6.18. The lowest BCUT2D eigenvalue weighted by molar-refractivity contribution is 1.17. The summed E-state index contributed by atoms with van der Waals surface area (Å²) in [4.78, 5) is 0. The molecule has 0 radical (unpaired) electrons. The van der Waals surface area contributed by atoms with E-state index in [-0.39, 0.29) is 0 Å². The third kappa shape index (κ3) is 3.30. The molecule has 0 N–H and O–H groups in total. The number of fused-ring (bicyclic) bond motifs is 6. The number of nitrogens with zero attached hydrogens (tertiary/aromatic N) is 3. The Hall–Kier alpha value is -5.59. The van der Waals surface area contributed by atoms with Gasteiger partial charge in [0.2, 0.25) is 0 Å². The van der Waals surface area contributed by atoms with Crippen LogP contribution in [0.1, 0.15) is 5.56 Å². The topological polar surface area (TPSA) is 33.6 Å². The third-order valence-corrected chi connectivity index (χ3v) is 7.92. The van der Waals surface area contributed by atoms with Gasteiger partial charge in [-0.25, -0.2) is 0 Å². The number of aromatic nitrogens is 2. The van der Waals surface area contributed by atoms with Crippen LogP contribution in [0.5, 0.6) is 0 Å². The maximum absolute atomic E-state index is 9.97. The lowest BCUT2D eigenvalue weighted by Crippen LogP contribution is -1.96. The molecule has 0 aliphatic heterocycles. The van der Waals surface area contributed by atoms with Gasteiger partial charge in [0.15, 0.2) is 0 Å². The minimum atomic E-state index is 0.640. The molecule has 0 unspecified atom stereocenters. The van der Waals surface area contributed by atoms with Gasteiger partial charge in [-0.1, -0.05) is 84.9 Å². The van der Waals surface area contributed by atoms with Crippen molar-refractivity contribution in [1.82, 2.24) is 9.13 Å². The van der Waals surface area contributed by atoms with Crippen molar-refractivity contribution < 1.29 is 0 Å². The molecule has 40 heavy (non-hydrogen) atoms.